The molecule has 1 amide bonds. The highest BCUT2D eigenvalue weighted by atomic mass is 16.5. The van der Waals surface area contributed by atoms with E-state index in [0.717, 1.165) is 19.4 Å². The molecule has 1 atom stereocenters. The van der Waals surface area contributed by atoms with Crippen molar-refractivity contribution in [3.63, 3.8) is 0 Å². The van der Waals surface area contributed by atoms with Crippen LogP contribution in [-0.2, 0) is 14.3 Å². The van der Waals surface area contributed by atoms with Crippen molar-refractivity contribution in [2.24, 2.45) is 11.8 Å². The summed E-state index contributed by atoms with van der Waals surface area (Å²) < 4.78 is 4.81. The minimum Gasteiger partial charge on any atom is -0.469 e. The predicted molar refractivity (Wildman–Crippen MR) is 77.1 cm³/mol. The molecule has 0 aromatic carbocycles. The van der Waals surface area contributed by atoms with Crippen LogP contribution < -0.4 is 0 Å². The van der Waals surface area contributed by atoms with Crippen LogP contribution in [0, 0.1) is 11.8 Å². The number of nitrogens with zero attached hydrogens (tertiary/aromatic N) is 1. The Balaban J connectivity index is 1.83. The summed E-state index contributed by atoms with van der Waals surface area (Å²) in [5, 5.41) is 0. The molecule has 4 heteroatoms. The molecule has 0 radical (unpaired) electrons. The summed E-state index contributed by atoms with van der Waals surface area (Å²) in [5.41, 5.74) is 0. The first kappa shape index (κ1) is 15.3. The van der Waals surface area contributed by atoms with E-state index in [1.807, 2.05) is 4.90 Å². The number of carbonyl (C=O) groups excluding carboxylic acids is 2. The molecule has 0 aromatic rings. The number of methoxy groups -OCH3 is 1. The maximum absolute atomic E-state index is 12.4. The molecule has 1 aliphatic carbocycles. The third-order valence-corrected chi connectivity index (χ3v) is 4.75. The number of likely N-dealkylation sites (tertiary alicyclic amines) is 1. The van der Waals surface area contributed by atoms with Gasteiger partial charge in [0, 0.05) is 19.5 Å². The van der Waals surface area contributed by atoms with Gasteiger partial charge in [0.25, 0.3) is 0 Å². The second-order valence-corrected chi connectivity index (χ2v) is 6.26. The molecule has 0 aromatic heterocycles. The van der Waals surface area contributed by atoms with E-state index in [4.69, 9.17) is 4.74 Å². The second-order valence-electron chi connectivity index (χ2n) is 6.26. The van der Waals surface area contributed by atoms with Gasteiger partial charge in [-0.25, -0.2) is 0 Å². The third kappa shape index (κ3) is 4.22. The topological polar surface area (TPSA) is 46.6 Å². The highest BCUT2D eigenvalue weighted by Gasteiger charge is 2.29. The van der Waals surface area contributed by atoms with Crippen LogP contribution in [-0.4, -0.2) is 37.0 Å². The number of ether oxygens (including phenoxy) is 1. The smallest absolute Gasteiger partial charge is 0.310 e. The summed E-state index contributed by atoms with van der Waals surface area (Å²) in [7, 11) is 1.43. The summed E-state index contributed by atoms with van der Waals surface area (Å²) in [6.45, 7) is 1.36. The van der Waals surface area contributed by atoms with Crippen molar-refractivity contribution in [1.29, 1.82) is 0 Å². The van der Waals surface area contributed by atoms with Gasteiger partial charge in [-0.1, -0.05) is 25.7 Å². The zero-order chi connectivity index (χ0) is 14.4. The maximum Gasteiger partial charge on any atom is 0.310 e. The molecule has 0 bridgehead atoms. The molecule has 1 unspecified atom stereocenters. The van der Waals surface area contributed by atoms with Gasteiger partial charge >= 0.3 is 5.97 Å². The van der Waals surface area contributed by atoms with Gasteiger partial charge in [-0.05, 0) is 31.6 Å². The number of rotatable bonds is 3. The normalized spacial score (nSPS) is 25.1. The van der Waals surface area contributed by atoms with Crippen LogP contribution >= 0.6 is 0 Å². The van der Waals surface area contributed by atoms with Crippen LogP contribution in [0.1, 0.15) is 57.8 Å². The lowest BCUT2D eigenvalue weighted by molar-refractivity contribution is -0.149. The van der Waals surface area contributed by atoms with Crippen LogP contribution in [0.5, 0.6) is 0 Å². The summed E-state index contributed by atoms with van der Waals surface area (Å²) in [5.74, 6) is 0.512. The average Bonchev–Trinajstić information content (AvgIpc) is 2.75. The first-order chi connectivity index (χ1) is 9.70. The minimum atomic E-state index is -0.169. The Morgan fingerprint density at radius 3 is 2.40 bits per heavy atom. The zero-order valence-corrected chi connectivity index (χ0v) is 12.6. The van der Waals surface area contributed by atoms with Gasteiger partial charge in [0.05, 0.1) is 13.0 Å². The van der Waals surface area contributed by atoms with Gasteiger partial charge in [-0.3, -0.25) is 9.59 Å². The van der Waals surface area contributed by atoms with Crippen LogP contribution in [0.15, 0.2) is 0 Å². The molecule has 2 fully saturated rings. The van der Waals surface area contributed by atoms with Crippen molar-refractivity contribution in [2.45, 2.75) is 57.8 Å². The van der Waals surface area contributed by atoms with E-state index in [-0.39, 0.29) is 17.8 Å². The third-order valence-electron chi connectivity index (χ3n) is 4.75. The van der Waals surface area contributed by atoms with E-state index in [1.165, 1.54) is 45.6 Å². The second kappa shape index (κ2) is 7.65. The largest absolute Gasteiger partial charge is 0.469 e. The average molecular weight is 281 g/mol. The van der Waals surface area contributed by atoms with Gasteiger partial charge in [0.1, 0.15) is 0 Å². The van der Waals surface area contributed by atoms with Crippen molar-refractivity contribution >= 4 is 11.9 Å². The van der Waals surface area contributed by atoms with E-state index in [0.29, 0.717) is 18.9 Å². The Hall–Kier alpha value is -1.06. The summed E-state index contributed by atoms with van der Waals surface area (Å²) >= 11 is 0. The highest BCUT2D eigenvalue weighted by Crippen LogP contribution is 2.27. The fraction of sp³-hybridized carbons (Fsp3) is 0.875. The first-order valence-electron chi connectivity index (χ1n) is 8.06. The number of carbonyl (C=O) groups is 2. The van der Waals surface area contributed by atoms with Gasteiger partial charge < -0.3 is 9.64 Å². The molecule has 2 aliphatic rings. The first-order valence-corrected chi connectivity index (χ1v) is 8.06. The fourth-order valence-corrected chi connectivity index (χ4v) is 3.51. The van der Waals surface area contributed by atoms with Crippen molar-refractivity contribution in [3.8, 4) is 0 Å². The molecule has 0 spiro atoms. The lowest BCUT2D eigenvalue weighted by Gasteiger charge is -2.32. The molecule has 1 aliphatic heterocycles. The van der Waals surface area contributed by atoms with Crippen LogP contribution in [0.4, 0.5) is 0 Å². The Labute approximate surface area is 121 Å². The Kier molecular flexibility index (Phi) is 5.86. The number of esters is 1. The molecular weight excluding hydrogens is 254 g/mol. The fourth-order valence-electron chi connectivity index (χ4n) is 3.51. The molecule has 0 N–H and O–H groups in total. The summed E-state index contributed by atoms with van der Waals surface area (Å²) in [4.78, 5) is 25.9. The Bertz CT molecular complexity index is 335. The molecule has 2 rings (SSSR count). The van der Waals surface area contributed by atoms with E-state index in [1.54, 1.807) is 0 Å². The number of hydrogen-bond acceptors (Lipinski definition) is 3. The monoisotopic (exact) mass is 281 g/mol. The molecule has 114 valence electrons. The molecule has 1 heterocycles. The highest BCUT2D eigenvalue weighted by molar-refractivity contribution is 5.78. The SMILES string of the molecule is COC(=O)C1CCCN(C(=O)CC2CCCCCC2)C1. The van der Waals surface area contributed by atoms with E-state index < -0.39 is 0 Å². The van der Waals surface area contributed by atoms with Gasteiger partial charge in [-0.15, -0.1) is 0 Å². The molecule has 20 heavy (non-hydrogen) atoms. The number of amides is 1. The van der Waals surface area contributed by atoms with Crippen molar-refractivity contribution in [3.05, 3.63) is 0 Å². The van der Waals surface area contributed by atoms with Crippen LogP contribution in [0.3, 0.4) is 0 Å². The lowest BCUT2D eigenvalue weighted by Crippen LogP contribution is -2.43. The minimum absolute atomic E-state index is 0.119. The Morgan fingerprint density at radius 2 is 1.75 bits per heavy atom. The quantitative estimate of drug-likeness (QED) is 0.590. The number of piperidine rings is 1. The molecular formula is C16H27NO3. The van der Waals surface area contributed by atoms with Crippen molar-refractivity contribution < 1.29 is 14.3 Å². The van der Waals surface area contributed by atoms with Gasteiger partial charge in [0.2, 0.25) is 5.91 Å². The van der Waals surface area contributed by atoms with Crippen molar-refractivity contribution in [2.75, 3.05) is 20.2 Å². The van der Waals surface area contributed by atoms with Crippen molar-refractivity contribution in [1.82, 2.24) is 4.90 Å². The Morgan fingerprint density at radius 1 is 1.05 bits per heavy atom. The summed E-state index contributed by atoms with van der Waals surface area (Å²) in [6, 6.07) is 0. The number of hydrogen-bond donors (Lipinski definition) is 0. The van der Waals surface area contributed by atoms with E-state index in [2.05, 4.69) is 0 Å². The van der Waals surface area contributed by atoms with Crippen LogP contribution in [0.25, 0.3) is 0 Å². The van der Waals surface area contributed by atoms with E-state index >= 15 is 0 Å². The van der Waals surface area contributed by atoms with Crippen LogP contribution in [0.2, 0.25) is 0 Å². The van der Waals surface area contributed by atoms with E-state index in [9.17, 15) is 9.59 Å². The lowest BCUT2D eigenvalue weighted by atomic mass is 9.94. The molecule has 1 saturated heterocycles. The molecule has 1 saturated carbocycles. The molecule has 4 nitrogen and oxygen atoms in total. The standard InChI is InChI=1S/C16H27NO3/c1-20-16(19)14-9-6-10-17(12-14)15(18)11-13-7-4-2-3-5-8-13/h13-14H,2-12H2,1H3. The van der Waals surface area contributed by atoms with Gasteiger partial charge in [-0.2, -0.15) is 0 Å². The predicted octanol–water partition coefficient (Wildman–Crippen LogP) is 2.76. The van der Waals surface area contributed by atoms with Gasteiger partial charge in [0.15, 0.2) is 0 Å². The zero-order valence-electron chi connectivity index (χ0n) is 12.6. The summed E-state index contributed by atoms with van der Waals surface area (Å²) in [6.07, 6.45) is 9.99. The maximum atomic E-state index is 12.4.